The van der Waals surface area contributed by atoms with Gasteiger partial charge in [-0.1, -0.05) is 32.4 Å². The molecule has 1 N–H and O–H groups in total. The fraction of sp³-hybridized carbons (Fsp3) is 0.739. The van der Waals surface area contributed by atoms with Crippen molar-refractivity contribution in [2.75, 3.05) is 13.1 Å². The Bertz CT molecular complexity index is 698. The fourth-order valence-corrected chi connectivity index (χ4v) is 5.42. The number of carbonyl (C=O) groups is 1. The van der Waals surface area contributed by atoms with Crippen LogP contribution in [0.25, 0.3) is 0 Å². The molecule has 5 heteroatoms. The van der Waals surface area contributed by atoms with E-state index >= 15 is 0 Å². The van der Waals surface area contributed by atoms with Crippen molar-refractivity contribution in [2.45, 2.75) is 84.3 Å². The van der Waals surface area contributed by atoms with E-state index in [1.807, 2.05) is 24.3 Å². The topological polar surface area (TPSA) is 58.4 Å². The molecule has 1 aromatic heterocycles. The van der Waals surface area contributed by atoms with E-state index in [1.54, 1.807) is 6.92 Å². The molecule has 2 aliphatic rings. The third kappa shape index (κ3) is 4.05. The summed E-state index contributed by atoms with van der Waals surface area (Å²) in [4.78, 5) is 18.1. The van der Waals surface area contributed by atoms with Gasteiger partial charge in [-0.2, -0.15) is 0 Å². The van der Waals surface area contributed by atoms with Crippen molar-refractivity contribution in [3.8, 4) is 0 Å². The van der Waals surface area contributed by atoms with Crippen LogP contribution in [0.1, 0.15) is 83.9 Å². The van der Waals surface area contributed by atoms with E-state index in [9.17, 15) is 9.90 Å². The van der Waals surface area contributed by atoms with Crippen LogP contribution in [0.4, 0.5) is 0 Å². The molecule has 28 heavy (non-hydrogen) atoms. The zero-order valence-corrected chi connectivity index (χ0v) is 18.0. The third-order valence-corrected chi connectivity index (χ3v) is 7.23. The number of aromatic nitrogens is 2. The summed E-state index contributed by atoms with van der Waals surface area (Å²) in [6, 6.07) is 0.314. The SMILES string of the molecule is CCCC(C)(CCN(CC)C(C)=O)[C@H](O)C[C@H]1C2CCC=CC2c2cncn21. The van der Waals surface area contributed by atoms with Crippen LogP contribution in [-0.4, -0.2) is 44.7 Å². The second-order valence-electron chi connectivity index (χ2n) is 8.99. The van der Waals surface area contributed by atoms with Gasteiger partial charge in [-0.3, -0.25) is 4.79 Å². The lowest BCUT2D eigenvalue weighted by Crippen LogP contribution is -2.39. The molecule has 1 aliphatic heterocycles. The maximum atomic E-state index is 11.8. The molecule has 1 amide bonds. The van der Waals surface area contributed by atoms with Crippen molar-refractivity contribution in [2.24, 2.45) is 11.3 Å². The summed E-state index contributed by atoms with van der Waals surface area (Å²) in [6.07, 6.45) is 14.1. The molecule has 5 nitrogen and oxygen atoms in total. The summed E-state index contributed by atoms with van der Waals surface area (Å²) in [6.45, 7) is 9.48. The van der Waals surface area contributed by atoms with Crippen LogP contribution in [0.15, 0.2) is 24.7 Å². The largest absolute Gasteiger partial charge is 0.392 e. The Labute approximate surface area is 169 Å². The fourth-order valence-electron chi connectivity index (χ4n) is 5.42. The Morgan fingerprint density at radius 3 is 2.89 bits per heavy atom. The number of nitrogens with zero attached hydrogens (tertiary/aromatic N) is 3. The molecule has 0 saturated carbocycles. The van der Waals surface area contributed by atoms with Crippen molar-refractivity contribution < 1.29 is 9.90 Å². The van der Waals surface area contributed by atoms with Crippen molar-refractivity contribution in [3.63, 3.8) is 0 Å². The average Bonchev–Trinajstić information content (AvgIpc) is 3.25. The van der Waals surface area contributed by atoms with Gasteiger partial charge < -0.3 is 14.6 Å². The average molecular weight is 388 g/mol. The van der Waals surface area contributed by atoms with Crippen molar-refractivity contribution in [1.82, 2.24) is 14.5 Å². The lowest BCUT2D eigenvalue weighted by Gasteiger charge is -2.39. The molecule has 0 bridgehead atoms. The van der Waals surface area contributed by atoms with Gasteiger partial charge in [0.1, 0.15) is 0 Å². The van der Waals surface area contributed by atoms with E-state index in [0.29, 0.717) is 17.9 Å². The number of aliphatic hydroxyl groups excluding tert-OH is 1. The highest BCUT2D eigenvalue weighted by Gasteiger charge is 2.43. The van der Waals surface area contributed by atoms with E-state index in [4.69, 9.17) is 0 Å². The summed E-state index contributed by atoms with van der Waals surface area (Å²) in [7, 11) is 0. The monoisotopic (exact) mass is 387 g/mol. The lowest BCUT2D eigenvalue weighted by molar-refractivity contribution is -0.129. The molecule has 0 aromatic carbocycles. The number of hydrogen-bond acceptors (Lipinski definition) is 3. The first-order valence-corrected chi connectivity index (χ1v) is 11.0. The molecule has 3 rings (SSSR count). The number of allylic oxidation sites excluding steroid dienone is 2. The predicted molar refractivity (Wildman–Crippen MR) is 112 cm³/mol. The number of rotatable bonds is 9. The first kappa shape index (κ1) is 21.1. The second kappa shape index (κ2) is 8.81. The van der Waals surface area contributed by atoms with Gasteiger partial charge in [0.05, 0.1) is 12.4 Å². The van der Waals surface area contributed by atoms with Gasteiger partial charge in [-0.15, -0.1) is 0 Å². The first-order valence-electron chi connectivity index (χ1n) is 11.0. The maximum absolute atomic E-state index is 11.8. The molecule has 3 unspecified atom stereocenters. The highest BCUT2D eigenvalue weighted by atomic mass is 16.3. The van der Waals surface area contributed by atoms with Gasteiger partial charge in [-0.25, -0.2) is 4.98 Å². The quantitative estimate of drug-likeness (QED) is 0.643. The van der Waals surface area contributed by atoms with Crippen LogP contribution >= 0.6 is 0 Å². The van der Waals surface area contributed by atoms with E-state index in [2.05, 4.69) is 35.6 Å². The van der Waals surface area contributed by atoms with Crippen LogP contribution < -0.4 is 0 Å². The highest BCUT2D eigenvalue weighted by molar-refractivity contribution is 5.73. The summed E-state index contributed by atoms with van der Waals surface area (Å²) in [5.74, 6) is 1.12. The number of imidazole rings is 1. The Balaban J connectivity index is 1.74. The third-order valence-electron chi connectivity index (χ3n) is 7.23. The highest BCUT2D eigenvalue weighted by Crippen LogP contribution is 2.50. The van der Waals surface area contributed by atoms with Crippen molar-refractivity contribution in [1.29, 1.82) is 0 Å². The molecule has 0 saturated heterocycles. The molecular formula is C23H37N3O2. The summed E-state index contributed by atoms with van der Waals surface area (Å²) in [5.41, 5.74) is 1.12. The predicted octanol–water partition coefficient (Wildman–Crippen LogP) is 4.30. The lowest BCUT2D eigenvalue weighted by atomic mass is 9.72. The van der Waals surface area contributed by atoms with Crippen molar-refractivity contribution in [3.05, 3.63) is 30.4 Å². The minimum atomic E-state index is -0.386. The van der Waals surface area contributed by atoms with Gasteiger partial charge in [0.25, 0.3) is 0 Å². The summed E-state index contributed by atoms with van der Waals surface area (Å²) in [5, 5.41) is 11.4. The van der Waals surface area contributed by atoms with Crippen LogP contribution in [0.5, 0.6) is 0 Å². The molecule has 1 aromatic rings. The van der Waals surface area contributed by atoms with Crippen LogP contribution in [-0.2, 0) is 4.79 Å². The van der Waals surface area contributed by atoms with Gasteiger partial charge in [0, 0.05) is 43.9 Å². The molecule has 156 valence electrons. The standard InChI is InChI=1S/C23H37N3O2/c1-5-11-23(4,12-13-25(6-2)17(3)27)22(28)14-20-18-9-7-8-10-19(18)21-15-24-16-26(20)21/h8,10,15-16,18-20,22,28H,5-7,9,11-14H2,1-4H3/t18?,19?,20-,22+,23?/m0/s1. The molecule has 5 atom stereocenters. The van der Waals surface area contributed by atoms with Crippen molar-refractivity contribution >= 4 is 5.91 Å². The number of fused-ring (bicyclic) bond motifs is 3. The van der Waals surface area contributed by atoms with E-state index in [1.165, 1.54) is 12.1 Å². The molecule has 0 radical (unpaired) electrons. The van der Waals surface area contributed by atoms with Gasteiger partial charge in [0.15, 0.2) is 0 Å². The normalized spacial score (nSPS) is 26.4. The molecule has 1 aliphatic carbocycles. The van der Waals surface area contributed by atoms with E-state index in [-0.39, 0.29) is 17.4 Å². The minimum Gasteiger partial charge on any atom is -0.392 e. The number of aliphatic hydroxyl groups is 1. The number of hydrogen-bond donors (Lipinski definition) is 1. The van der Waals surface area contributed by atoms with E-state index < -0.39 is 0 Å². The molecule has 0 spiro atoms. The summed E-state index contributed by atoms with van der Waals surface area (Å²) >= 11 is 0. The molecule has 2 heterocycles. The Kier molecular flexibility index (Phi) is 6.64. The Morgan fingerprint density at radius 1 is 1.43 bits per heavy atom. The van der Waals surface area contributed by atoms with E-state index in [0.717, 1.165) is 45.2 Å². The summed E-state index contributed by atoms with van der Waals surface area (Å²) < 4.78 is 2.31. The zero-order chi connectivity index (χ0) is 20.3. The van der Waals surface area contributed by atoms with Gasteiger partial charge >= 0.3 is 0 Å². The molecule has 0 fully saturated rings. The zero-order valence-electron chi connectivity index (χ0n) is 18.0. The van der Waals surface area contributed by atoms with Crippen LogP contribution in [0.3, 0.4) is 0 Å². The number of carbonyl (C=O) groups excluding carboxylic acids is 1. The van der Waals surface area contributed by atoms with Crippen LogP contribution in [0, 0.1) is 11.3 Å². The molecular weight excluding hydrogens is 350 g/mol. The number of amides is 1. The minimum absolute atomic E-state index is 0.117. The Hall–Kier alpha value is -1.62. The first-order chi connectivity index (χ1) is 13.4. The maximum Gasteiger partial charge on any atom is 0.219 e. The second-order valence-corrected chi connectivity index (χ2v) is 8.99. The Morgan fingerprint density at radius 2 is 2.21 bits per heavy atom. The van der Waals surface area contributed by atoms with Gasteiger partial charge in [-0.05, 0) is 50.4 Å². The van der Waals surface area contributed by atoms with Crippen LogP contribution in [0.2, 0.25) is 0 Å². The smallest absolute Gasteiger partial charge is 0.219 e. The van der Waals surface area contributed by atoms with Gasteiger partial charge in [0.2, 0.25) is 5.91 Å².